The van der Waals surface area contributed by atoms with Crippen LogP contribution in [0, 0.1) is 34.8 Å². The smallest absolute Gasteiger partial charge is 0.407 e. The standard InChI is InChI=1S/C34H40F2N4O6S2/c1-34(9-10-34)18-40(48(42,43)23-5-7-28-29(15-23)47-32(39-28)37-21-3-4-21)11-8-22(12-19-2-6-26(35)27(36)13-19)38-33(41)46-30-20-14-24-25(30)17-45-31(24)44-16-20/h2,5-7,13,15,20-22,24-25,30-31H,3-4,8-12,14,16-18H2,1H3,(H,37,39)(H,38,41)/t20?,22-,24?,25?,30?,31?/m1/s1. The topological polar surface area (TPSA) is 119 Å². The maximum absolute atomic E-state index is 14.2. The van der Waals surface area contributed by atoms with E-state index in [0.717, 1.165) is 59.6 Å². The predicted octanol–water partition coefficient (Wildman–Crippen LogP) is 5.67. The second-order valence-corrected chi connectivity index (χ2v) is 17.5. The predicted molar refractivity (Wildman–Crippen MR) is 175 cm³/mol. The van der Waals surface area contributed by atoms with Gasteiger partial charge >= 0.3 is 6.09 Å². The molecule has 10 nitrogen and oxygen atoms in total. The lowest BCUT2D eigenvalue weighted by Crippen LogP contribution is -2.44. The summed E-state index contributed by atoms with van der Waals surface area (Å²) in [6.45, 7) is 3.46. The fourth-order valence-corrected chi connectivity index (χ4v) is 10.1. The van der Waals surface area contributed by atoms with Crippen molar-refractivity contribution in [3.05, 3.63) is 53.6 Å². The number of benzene rings is 2. The fourth-order valence-electron chi connectivity index (χ4n) is 7.41. The minimum atomic E-state index is -3.92. The molecule has 5 aliphatic rings. The summed E-state index contributed by atoms with van der Waals surface area (Å²) in [5.74, 6) is -1.59. The van der Waals surface area contributed by atoms with Crippen molar-refractivity contribution in [2.75, 3.05) is 31.6 Å². The Morgan fingerprint density at radius 3 is 2.71 bits per heavy atom. The first kappa shape index (κ1) is 32.3. The van der Waals surface area contributed by atoms with Crippen LogP contribution >= 0.6 is 11.3 Å². The zero-order chi connectivity index (χ0) is 33.2. The SMILES string of the molecule is CC1(CN(CC[C@H](Cc2ccc(F)c(F)c2)NC(=O)OC2C3COC4OCC2C4C3)S(=O)(=O)c2ccc3nc(NC4CC4)sc3c2)CC1. The summed E-state index contributed by atoms with van der Waals surface area (Å²) < 4.78 is 76.2. The lowest BCUT2D eigenvalue weighted by molar-refractivity contribution is -0.169. The number of amides is 1. The Kier molecular flexibility index (Phi) is 8.38. The van der Waals surface area contributed by atoms with E-state index >= 15 is 0 Å². The maximum atomic E-state index is 14.2. The van der Waals surface area contributed by atoms with Crippen LogP contribution in [0.4, 0.5) is 18.7 Å². The third kappa shape index (κ3) is 6.66. The molecular formula is C34H40F2N4O6S2. The molecule has 3 heterocycles. The van der Waals surface area contributed by atoms with Gasteiger partial charge in [-0.3, -0.25) is 0 Å². The number of carbonyl (C=O) groups excluding carboxylic acids is 1. The Morgan fingerprint density at radius 1 is 1.12 bits per heavy atom. The molecule has 3 saturated carbocycles. The third-order valence-corrected chi connectivity index (χ3v) is 13.4. The largest absolute Gasteiger partial charge is 0.445 e. The highest BCUT2D eigenvalue weighted by atomic mass is 32.2. The zero-order valence-corrected chi connectivity index (χ0v) is 28.3. The van der Waals surface area contributed by atoms with Crippen LogP contribution in [0.15, 0.2) is 41.3 Å². The summed E-state index contributed by atoms with van der Waals surface area (Å²) in [6, 6.07) is 8.51. The van der Waals surface area contributed by atoms with E-state index in [0.29, 0.717) is 31.4 Å². The Balaban J connectivity index is 1.01. The highest BCUT2D eigenvalue weighted by molar-refractivity contribution is 7.89. The first-order chi connectivity index (χ1) is 23.0. The molecular weight excluding hydrogens is 663 g/mol. The van der Waals surface area contributed by atoms with Crippen LogP contribution in [0.1, 0.15) is 51.0 Å². The maximum Gasteiger partial charge on any atom is 0.407 e. The molecule has 8 rings (SSSR count). The minimum absolute atomic E-state index is 0.0641. The van der Waals surface area contributed by atoms with Gasteiger partial charge in [0.1, 0.15) is 6.10 Å². The molecule has 0 radical (unpaired) electrons. The molecule has 2 saturated heterocycles. The molecule has 2 aliphatic heterocycles. The molecule has 258 valence electrons. The van der Waals surface area contributed by atoms with Gasteiger partial charge in [-0.15, -0.1) is 0 Å². The van der Waals surface area contributed by atoms with Crippen molar-refractivity contribution in [2.45, 2.75) is 81.2 Å². The van der Waals surface area contributed by atoms with Crippen LogP contribution in [0.2, 0.25) is 0 Å². The lowest BCUT2D eigenvalue weighted by atomic mass is 9.98. The molecule has 2 N–H and O–H groups in total. The van der Waals surface area contributed by atoms with Crippen LogP contribution in [0.3, 0.4) is 0 Å². The van der Waals surface area contributed by atoms with Gasteiger partial charge in [0.25, 0.3) is 0 Å². The number of ether oxygens (including phenoxy) is 3. The van der Waals surface area contributed by atoms with E-state index in [4.69, 9.17) is 14.2 Å². The van der Waals surface area contributed by atoms with E-state index in [1.807, 2.05) is 0 Å². The van der Waals surface area contributed by atoms with Crippen molar-refractivity contribution in [1.82, 2.24) is 14.6 Å². The number of carbonyl (C=O) groups is 1. The Morgan fingerprint density at radius 2 is 1.94 bits per heavy atom. The average molecular weight is 703 g/mol. The summed E-state index contributed by atoms with van der Waals surface area (Å²) in [7, 11) is -3.92. The third-order valence-electron chi connectivity index (χ3n) is 10.6. The van der Waals surface area contributed by atoms with Gasteiger partial charge < -0.3 is 24.8 Å². The quantitative estimate of drug-likeness (QED) is 0.234. The second-order valence-electron chi connectivity index (χ2n) is 14.5. The van der Waals surface area contributed by atoms with Gasteiger partial charge in [-0.25, -0.2) is 27.0 Å². The fraction of sp³-hybridized carbons (Fsp3) is 0.588. The molecule has 1 aromatic heterocycles. The van der Waals surface area contributed by atoms with E-state index in [1.165, 1.54) is 21.7 Å². The molecule has 0 spiro atoms. The molecule has 48 heavy (non-hydrogen) atoms. The molecule has 3 aliphatic carbocycles. The number of alkyl carbamates (subject to hydrolysis) is 1. The molecule has 5 fully saturated rings. The van der Waals surface area contributed by atoms with Gasteiger partial charge in [-0.1, -0.05) is 24.3 Å². The van der Waals surface area contributed by atoms with Crippen molar-refractivity contribution in [3.8, 4) is 0 Å². The highest BCUT2D eigenvalue weighted by Gasteiger charge is 2.56. The summed E-state index contributed by atoms with van der Waals surface area (Å²) in [5, 5.41) is 7.12. The number of thiazole rings is 1. The first-order valence-corrected chi connectivity index (χ1v) is 19.1. The van der Waals surface area contributed by atoms with E-state index in [9.17, 15) is 22.0 Å². The number of aromatic nitrogens is 1. The summed E-state index contributed by atoms with van der Waals surface area (Å²) in [6.07, 6.45) is 4.12. The van der Waals surface area contributed by atoms with Crippen LogP contribution in [-0.2, 0) is 30.7 Å². The summed E-state index contributed by atoms with van der Waals surface area (Å²) in [4.78, 5) is 18.2. The Labute approximate surface area is 282 Å². The Hall–Kier alpha value is -2.91. The number of fused-ring (bicyclic) bond motifs is 2. The van der Waals surface area contributed by atoms with Crippen LogP contribution < -0.4 is 10.6 Å². The zero-order valence-electron chi connectivity index (χ0n) is 26.7. The number of hydrogen-bond acceptors (Lipinski definition) is 9. The molecule has 3 aromatic rings. The summed E-state index contributed by atoms with van der Waals surface area (Å²) >= 11 is 1.44. The number of nitrogens with one attached hydrogen (secondary N) is 2. The first-order valence-electron chi connectivity index (χ1n) is 16.8. The number of nitrogens with zero attached hydrogens (tertiary/aromatic N) is 2. The second kappa shape index (κ2) is 12.4. The van der Waals surface area contributed by atoms with Crippen molar-refractivity contribution >= 4 is 42.8 Å². The summed E-state index contributed by atoms with van der Waals surface area (Å²) in [5.41, 5.74) is 1.09. The van der Waals surface area contributed by atoms with E-state index in [2.05, 4.69) is 22.5 Å². The van der Waals surface area contributed by atoms with Crippen LogP contribution in [0.5, 0.6) is 0 Å². The van der Waals surface area contributed by atoms with Crippen molar-refractivity contribution < 1.29 is 36.2 Å². The molecule has 1 amide bonds. The number of hydrogen-bond donors (Lipinski definition) is 2. The lowest BCUT2D eigenvalue weighted by Gasteiger charge is -2.29. The van der Waals surface area contributed by atoms with Gasteiger partial charge in [0.15, 0.2) is 23.1 Å². The van der Waals surface area contributed by atoms with E-state index in [-0.39, 0.29) is 59.8 Å². The van der Waals surface area contributed by atoms with Crippen LogP contribution in [-0.4, -0.2) is 74.6 Å². The van der Waals surface area contributed by atoms with Crippen LogP contribution in [0.25, 0.3) is 10.2 Å². The molecule has 14 heteroatoms. The molecule has 6 atom stereocenters. The van der Waals surface area contributed by atoms with Crippen molar-refractivity contribution in [1.29, 1.82) is 0 Å². The Bertz CT molecular complexity index is 1820. The van der Waals surface area contributed by atoms with Gasteiger partial charge in [0, 0.05) is 42.9 Å². The number of rotatable bonds is 13. The molecule has 5 unspecified atom stereocenters. The highest BCUT2D eigenvalue weighted by Crippen LogP contribution is 2.49. The van der Waals surface area contributed by atoms with Gasteiger partial charge in [0.2, 0.25) is 10.0 Å². The van der Waals surface area contributed by atoms with Crippen molar-refractivity contribution in [3.63, 3.8) is 0 Å². The minimum Gasteiger partial charge on any atom is -0.445 e. The van der Waals surface area contributed by atoms with E-state index < -0.39 is 33.8 Å². The number of halogens is 2. The molecule has 2 aromatic carbocycles. The van der Waals surface area contributed by atoms with Gasteiger partial charge in [-0.05, 0) is 86.3 Å². The van der Waals surface area contributed by atoms with Crippen molar-refractivity contribution in [2.24, 2.45) is 23.2 Å². The van der Waals surface area contributed by atoms with E-state index in [1.54, 1.807) is 18.2 Å². The normalized spacial score (nSPS) is 27.7. The molecule has 2 bridgehead atoms. The monoisotopic (exact) mass is 702 g/mol. The van der Waals surface area contributed by atoms with Gasteiger partial charge in [0.05, 0.1) is 28.3 Å². The number of anilines is 1. The number of sulfonamides is 1. The van der Waals surface area contributed by atoms with Gasteiger partial charge in [-0.2, -0.15) is 4.31 Å². The average Bonchev–Trinajstić information content (AvgIpc) is 3.89.